The minimum Gasteiger partial charge on any atom is -0.346 e. The zero-order chi connectivity index (χ0) is 14.8. The highest BCUT2D eigenvalue weighted by Gasteiger charge is 2.44. The normalized spacial score (nSPS) is 19.4. The first-order chi connectivity index (χ1) is 9.41. The van der Waals surface area contributed by atoms with Crippen LogP contribution in [0.4, 0.5) is 0 Å². The molecule has 1 aliphatic rings. The molecule has 2 rings (SSSR count). The maximum atomic E-state index is 12.5. The SMILES string of the molecule is CN(C)CC(NC(=O)C(C)(N)C1CC1)c1ccccc1. The van der Waals surface area contributed by atoms with Gasteiger partial charge in [-0.25, -0.2) is 0 Å². The van der Waals surface area contributed by atoms with Gasteiger partial charge in [0, 0.05) is 6.54 Å². The van der Waals surface area contributed by atoms with E-state index in [-0.39, 0.29) is 11.9 Å². The summed E-state index contributed by atoms with van der Waals surface area (Å²) in [7, 11) is 4.01. The Balaban J connectivity index is 2.10. The smallest absolute Gasteiger partial charge is 0.240 e. The number of nitrogens with two attached hydrogens (primary N) is 1. The Hall–Kier alpha value is -1.39. The molecule has 2 unspecified atom stereocenters. The highest BCUT2D eigenvalue weighted by atomic mass is 16.2. The fourth-order valence-electron chi connectivity index (χ4n) is 2.47. The van der Waals surface area contributed by atoms with Crippen LogP contribution in [-0.2, 0) is 4.79 Å². The molecule has 0 aromatic heterocycles. The van der Waals surface area contributed by atoms with Crippen LogP contribution in [0.3, 0.4) is 0 Å². The van der Waals surface area contributed by atoms with Crippen molar-refractivity contribution in [2.24, 2.45) is 11.7 Å². The van der Waals surface area contributed by atoms with Gasteiger partial charge in [-0.05, 0) is 45.3 Å². The van der Waals surface area contributed by atoms with Gasteiger partial charge >= 0.3 is 0 Å². The van der Waals surface area contributed by atoms with Gasteiger partial charge in [0.1, 0.15) is 0 Å². The average Bonchev–Trinajstić information content (AvgIpc) is 3.23. The van der Waals surface area contributed by atoms with Gasteiger partial charge < -0.3 is 16.0 Å². The van der Waals surface area contributed by atoms with E-state index >= 15 is 0 Å². The number of carbonyl (C=O) groups is 1. The van der Waals surface area contributed by atoms with Gasteiger partial charge in [-0.1, -0.05) is 30.3 Å². The molecule has 4 heteroatoms. The summed E-state index contributed by atoms with van der Waals surface area (Å²) in [6.45, 7) is 2.61. The van der Waals surface area contributed by atoms with Gasteiger partial charge in [0.15, 0.2) is 0 Å². The Morgan fingerprint density at radius 3 is 2.50 bits per heavy atom. The lowest BCUT2D eigenvalue weighted by atomic mass is 9.95. The van der Waals surface area contributed by atoms with Crippen molar-refractivity contribution < 1.29 is 4.79 Å². The summed E-state index contributed by atoms with van der Waals surface area (Å²) in [5, 5.41) is 3.12. The molecular formula is C16H25N3O. The van der Waals surface area contributed by atoms with E-state index in [1.807, 2.05) is 51.4 Å². The van der Waals surface area contributed by atoms with Crippen LogP contribution in [0.25, 0.3) is 0 Å². The third-order valence-corrected chi connectivity index (χ3v) is 3.97. The van der Waals surface area contributed by atoms with Crippen molar-refractivity contribution in [2.45, 2.75) is 31.3 Å². The monoisotopic (exact) mass is 275 g/mol. The summed E-state index contributed by atoms with van der Waals surface area (Å²) in [5.41, 5.74) is 6.56. The molecule has 1 aliphatic carbocycles. The molecule has 2 atom stereocenters. The summed E-state index contributed by atoms with van der Waals surface area (Å²) >= 11 is 0. The van der Waals surface area contributed by atoms with E-state index in [1.54, 1.807) is 0 Å². The number of nitrogens with zero attached hydrogens (tertiary/aromatic N) is 1. The van der Waals surface area contributed by atoms with Gasteiger partial charge in [-0.3, -0.25) is 4.79 Å². The van der Waals surface area contributed by atoms with Gasteiger partial charge in [0.2, 0.25) is 5.91 Å². The molecule has 4 nitrogen and oxygen atoms in total. The fourth-order valence-corrected chi connectivity index (χ4v) is 2.47. The topological polar surface area (TPSA) is 58.4 Å². The number of hydrogen-bond acceptors (Lipinski definition) is 3. The van der Waals surface area contributed by atoms with Crippen LogP contribution in [0.2, 0.25) is 0 Å². The first-order valence-corrected chi connectivity index (χ1v) is 7.20. The summed E-state index contributed by atoms with van der Waals surface area (Å²) in [6, 6.07) is 10.0. The second-order valence-corrected chi connectivity index (χ2v) is 6.26. The predicted octanol–water partition coefficient (Wildman–Crippen LogP) is 1.53. The van der Waals surface area contributed by atoms with Crippen molar-refractivity contribution >= 4 is 5.91 Å². The van der Waals surface area contributed by atoms with Crippen molar-refractivity contribution in [3.05, 3.63) is 35.9 Å². The summed E-state index contributed by atoms with van der Waals surface area (Å²) in [6.07, 6.45) is 2.12. The zero-order valence-electron chi connectivity index (χ0n) is 12.6. The second-order valence-electron chi connectivity index (χ2n) is 6.26. The van der Waals surface area contributed by atoms with E-state index in [4.69, 9.17) is 5.73 Å². The molecule has 1 fully saturated rings. The third kappa shape index (κ3) is 3.58. The summed E-state index contributed by atoms with van der Waals surface area (Å²) < 4.78 is 0. The van der Waals surface area contributed by atoms with Crippen molar-refractivity contribution in [3.8, 4) is 0 Å². The lowest BCUT2D eigenvalue weighted by Crippen LogP contribution is -2.54. The van der Waals surface area contributed by atoms with Gasteiger partial charge in [0.05, 0.1) is 11.6 Å². The van der Waals surface area contributed by atoms with Crippen LogP contribution >= 0.6 is 0 Å². The maximum absolute atomic E-state index is 12.5. The number of nitrogens with one attached hydrogen (secondary N) is 1. The van der Waals surface area contributed by atoms with Crippen LogP contribution in [0.15, 0.2) is 30.3 Å². The number of amides is 1. The molecule has 1 aromatic carbocycles. The predicted molar refractivity (Wildman–Crippen MR) is 81.2 cm³/mol. The minimum absolute atomic E-state index is 0.0275. The van der Waals surface area contributed by atoms with E-state index in [1.165, 1.54) is 0 Å². The Kier molecular flexibility index (Phi) is 4.45. The van der Waals surface area contributed by atoms with Crippen LogP contribution in [0.1, 0.15) is 31.4 Å². The van der Waals surface area contributed by atoms with Crippen LogP contribution in [0.5, 0.6) is 0 Å². The molecule has 0 radical (unpaired) electrons. The Bertz CT molecular complexity index is 452. The fraction of sp³-hybridized carbons (Fsp3) is 0.562. The van der Waals surface area contributed by atoms with E-state index < -0.39 is 5.54 Å². The second kappa shape index (κ2) is 5.94. The molecule has 0 bridgehead atoms. The molecule has 0 heterocycles. The number of carbonyl (C=O) groups excluding carboxylic acids is 1. The molecular weight excluding hydrogens is 250 g/mol. The molecule has 1 amide bonds. The van der Waals surface area contributed by atoms with Crippen LogP contribution < -0.4 is 11.1 Å². The number of rotatable bonds is 6. The molecule has 0 aliphatic heterocycles. The standard InChI is InChI=1S/C16H25N3O/c1-16(17,13-9-10-13)15(20)18-14(11-19(2)3)12-7-5-4-6-8-12/h4-8,13-14H,9-11,17H2,1-3H3,(H,18,20). The van der Waals surface area contributed by atoms with E-state index in [9.17, 15) is 4.79 Å². The number of hydrogen-bond donors (Lipinski definition) is 2. The number of likely N-dealkylation sites (N-methyl/N-ethyl adjacent to an activating group) is 1. The first kappa shape index (κ1) is 15.0. The van der Waals surface area contributed by atoms with Crippen molar-refractivity contribution in [2.75, 3.05) is 20.6 Å². The molecule has 0 saturated heterocycles. The summed E-state index contributed by atoms with van der Waals surface area (Å²) in [4.78, 5) is 14.5. The molecule has 1 aromatic rings. The van der Waals surface area contributed by atoms with Crippen LogP contribution in [-0.4, -0.2) is 37.0 Å². The quantitative estimate of drug-likeness (QED) is 0.828. The lowest BCUT2D eigenvalue weighted by Gasteiger charge is -2.29. The lowest BCUT2D eigenvalue weighted by molar-refractivity contribution is -0.127. The van der Waals surface area contributed by atoms with Crippen molar-refractivity contribution in [1.29, 1.82) is 0 Å². The Morgan fingerprint density at radius 2 is 2.00 bits per heavy atom. The van der Waals surface area contributed by atoms with Crippen LogP contribution in [0, 0.1) is 5.92 Å². The molecule has 3 N–H and O–H groups in total. The largest absolute Gasteiger partial charge is 0.346 e. The molecule has 0 spiro atoms. The number of benzene rings is 1. The van der Waals surface area contributed by atoms with Gasteiger partial charge in [0.25, 0.3) is 0 Å². The average molecular weight is 275 g/mol. The zero-order valence-corrected chi connectivity index (χ0v) is 12.6. The first-order valence-electron chi connectivity index (χ1n) is 7.20. The molecule has 110 valence electrons. The maximum Gasteiger partial charge on any atom is 0.240 e. The van der Waals surface area contributed by atoms with E-state index in [0.717, 1.165) is 24.9 Å². The Morgan fingerprint density at radius 1 is 1.40 bits per heavy atom. The highest BCUT2D eigenvalue weighted by molar-refractivity contribution is 5.86. The molecule has 20 heavy (non-hydrogen) atoms. The minimum atomic E-state index is -0.751. The highest BCUT2D eigenvalue weighted by Crippen LogP contribution is 2.38. The third-order valence-electron chi connectivity index (χ3n) is 3.97. The molecule has 1 saturated carbocycles. The summed E-state index contributed by atoms with van der Waals surface area (Å²) in [5.74, 6) is 0.286. The van der Waals surface area contributed by atoms with Gasteiger partial charge in [-0.2, -0.15) is 0 Å². The van der Waals surface area contributed by atoms with E-state index in [2.05, 4.69) is 10.2 Å². The van der Waals surface area contributed by atoms with E-state index in [0.29, 0.717) is 5.92 Å². The van der Waals surface area contributed by atoms with Crippen molar-refractivity contribution in [3.63, 3.8) is 0 Å². The Labute approximate surface area is 121 Å². The van der Waals surface area contributed by atoms with Gasteiger partial charge in [-0.15, -0.1) is 0 Å². The van der Waals surface area contributed by atoms with Crippen molar-refractivity contribution in [1.82, 2.24) is 10.2 Å².